The lowest BCUT2D eigenvalue weighted by Crippen LogP contribution is -2.19. The Hall–Kier alpha value is -3.76. The van der Waals surface area contributed by atoms with Crippen LogP contribution >= 0.6 is 27.5 Å². The molecule has 2 aromatic carbocycles. The van der Waals surface area contributed by atoms with Crippen LogP contribution < -0.4 is 10.9 Å². The summed E-state index contributed by atoms with van der Waals surface area (Å²) < 4.78 is 3.77. The minimum atomic E-state index is -0.387. The van der Waals surface area contributed by atoms with Crippen molar-refractivity contribution in [3.05, 3.63) is 91.9 Å². The second-order valence-electron chi connectivity index (χ2n) is 7.21. The van der Waals surface area contributed by atoms with Crippen LogP contribution in [0.25, 0.3) is 22.7 Å². The highest BCUT2D eigenvalue weighted by atomic mass is 79.9. The number of fused-ring (bicyclic) bond motifs is 1. The molecule has 3 aromatic heterocycles. The van der Waals surface area contributed by atoms with Gasteiger partial charge in [0, 0.05) is 21.1 Å². The number of carbonyl (C=O) groups is 1. The zero-order chi connectivity index (χ0) is 23.1. The average molecular weight is 525 g/mol. The molecular formula is C22H15BrClN7O2. The Morgan fingerprint density at radius 1 is 1.12 bits per heavy atom. The fourth-order valence-corrected chi connectivity index (χ4v) is 3.79. The van der Waals surface area contributed by atoms with E-state index in [9.17, 15) is 9.59 Å². The van der Waals surface area contributed by atoms with E-state index in [4.69, 9.17) is 11.6 Å². The zero-order valence-electron chi connectivity index (χ0n) is 17.1. The molecule has 3 heterocycles. The Morgan fingerprint density at radius 3 is 2.67 bits per heavy atom. The molecule has 0 unspecified atom stereocenters. The first-order valence-corrected chi connectivity index (χ1v) is 10.9. The van der Waals surface area contributed by atoms with E-state index in [2.05, 4.69) is 41.4 Å². The van der Waals surface area contributed by atoms with Crippen LogP contribution in [0, 0.1) is 6.92 Å². The maximum Gasteiger partial charge on any atom is 0.263 e. The minimum Gasteiger partial charge on any atom is -0.306 e. The van der Waals surface area contributed by atoms with Gasteiger partial charge in [-0.1, -0.05) is 33.6 Å². The number of amides is 1. The Balaban J connectivity index is 1.58. The van der Waals surface area contributed by atoms with E-state index >= 15 is 0 Å². The molecule has 0 saturated heterocycles. The molecule has 5 rings (SSSR count). The number of benzene rings is 2. The number of nitrogens with one attached hydrogen (secondary N) is 2. The maximum atomic E-state index is 12.8. The van der Waals surface area contributed by atoms with Crippen LogP contribution in [0.15, 0.2) is 70.1 Å². The lowest BCUT2D eigenvalue weighted by molar-refractivity contribution is 0.102. The van der Waals surface area contributed by atoms with Crippen molar-refractivity contribution >= 4 is 50.3 Å². The molecule has 0 spiro atoms. The average Bonchev–Trinajstić information content (AvgIpc) is 3.37. The molecule has 1 amide bonds. The largest absolute Gasteiger partial charge is 0.306 e. The fourth-order valence-electron chi connectivity index (χ4n) is 3.34. The fraction of sp³-hybridized carbons (Fsp3) is 0.0455. The Bertz CT molecular complexity index is 1570. The van der Waals surface area contributed by atoms with E-state index in [0.717, 1.165) is 4.47 Å². The highest BCUT2D eigenvalue weighted by Crippen LogP contribution is 2.20. The van der Waals surface area contributed by atoms with Crippen molar-refractivity contribution in [3.63, 3.8) is 0 Å². The molecule has 0 bridgehead atoms. The number of nitrogens with zero attached hydrogens (tertiary/aromatic N) is 5. The quantitative estimate of drug-likeness (QED) is 0.365. The van der Waals surface area contributed by atoms with Crippen molar-refractivity contribution in [1.82, 2.24) is 29.5 Å². The molecule has 0 fully saturated rings. The third-order valence-corrected chi connectivity index (χ3v) is 5.62. The predicted octanol–water partition coefficient (Wildman–Crippen LogP) is 4.27. The molecule has 0 aliphatic carbocycles. The lowest BCUT2D eigenvalue weighted by atomic mass is 10.2. The lowest BCUT2D eigenvalue weighted by Gasteiger charge is -2.09. The van der Waals surface area contributed by atoms with Crippen molar-refractivity contribution in [1.29, 1.82) is 0 Å². The smallest absolute Gasteiger partial charge is 0.263 e. The van der Waals surface area contributed by atoms with Crippen LogP contribution in [0.4, 0.5) is 5.82 Å². The van der Waals surface area contributed by atoms with Crippen LogP contribution in [0.1, 0.15) is 16.1 Å². The number of aromatic nitrogens is 6. The van der Waals surface area contributed by atoms with E-state index in [1.54, 1.807) is 55.5 Å². The van der Waals surface area contributed by atoms with Gasteiger partial charge in [0.2, 0.25) is 5.95 Å². The molecule has 0 saturated carbocycles. The highest BCUT2D eigenvalue weighted by Gasteiger charge is 2.17. The number of anilines is 1. The van der Waals surface area contributed by atoms with E-state index < -0.39 is 0 Å². The number of aromatic amines is 1. The number of aryl methyl sites for hydroxylation is 1. The third kappa shape index (κ3) is 4.06. The van der Waals surface area contributed by atoms with Crippen LogP contribution in [0.2, 0.25) is 5.02 Å². The van der Waals surface area contributed by atoms with Crippen molar-refractivity contribution in [2.75, 3.05) is 5.32 Å². The standard InChI is InChI=1S/C22H15BrClN7O2/c1-12-9-18(26-20(32)13-5-7-14(23)8-6-13)31(29-12)22-27-19-17(21(33)28-22)11-25-30(19)16-4-2-3-15(24)10-16/h2-11H,1H3,(H,26,32)(H,27,28,33). The van der Waals surface area contributed by atoms with Crippen molar-refractivity contribution in [2.45, 2.75) is 6.92 Å². The SMILES string of the molecule is Cc1cc(NC(=O)c2ccc(Br)cc2)n(-c2nc3c(cnn3-c3cccc(Cl)c3)c(=O)[nH]2)n1. The summed E-state index contributed by atoms with van der Waals surface area (Å²) in [4.78, 5) is 32.8. The Labute approximate surface area is 200 Å². The van der Waals surface area contributed by atoms with E-state index in [0.29, 0.717) is 38.8 Å². The van der Waals surface area contributed by atoms with Gasteiger partial charge in [0.15, 0.2) is 5.65 Å². The van der Waals surface area contributed by atoms with Gasteiger partial charge >= 0.3 is 0 Å². The molecule has 9 nitrogen and oxygen atoms in total. The first-order valence-electron chi connectivity index (χ1n) is 9.77. The third-order valence-electron chi connectivity index (χ3n) is 4.86. The summed E-state index contributed by atoms with van der Waals surface area (Å²) >= 11 is 9.47. The Kier molecular flexibility index (Phi) is 5.31. The monoisotopic (exact) mass is 523 g/mol. The van der Waals surface area contributed by atoms with Gasteiger partial charge in [-0.3, -0.25) is 14.6 Å². The first-order chi connectivity index (χ1) is 15.9. The normalized spacial score (nSPS) is 11.1. The summed E-state index contributed by atoms with van der Waals surface area (Å²) in [6.45, 7) is 1.78. The molecule has 33 heavy (non-hydrogen) atoms. The van der Waals surface area contributed by atoms with Gasteiger partial charge in [-0.25, -0.2) is 4.68 Å². The summed E-state index contributed by atoms with van der Waals surface area (Å²) in [5, 5.41) is 12.4. The van der Waals surface area contributed by atoms with Gasteiger partial charge in [-0.05, 0) is 49.4 Å². The first kappa shape index (κ1) is 21.1. The second-order valence-corrected chi connectivity index (χ2v) is 8.56. The number of carbonyl (C=O) groups excluding carboxylic acids is 1. The summed E-state index contributed by atoms with van der Waals surface area (Å²) in [5.74, 6) is 0.170. The van der Waals surface area contributed by atoms with E-state index in [1.807, 2.05) is 6.07 Å². The summed E-state index contributed by atoms with van der Waals surface area (Å²) in [7, 11) is 0. The summed E-state index contributed by atoms with van der Waals surface area (Å²) in [6.07, 6.45) is 1.44. The number of hydrogen-bond donors (Lipinski definition) is 2. The molecular weight excluding hydrogens is 510 g/mol. The molecule has 11 heteroatoms. The second kappa shape index (κ2) is 8.30. The molecule has 2 N–H and O–H groups in total. The van der Waals surface area contributed by atoms with Crippen molar-refractivity contribution in [3.8, 4) is 11.6 Å². The molecule has 0 radical (unpaired) electrons. The zero-order valence-corrected chi connectivity index (χ0v) is 19.4. The predicted molar refractivity (Wildman–Crippen MR) is 128 cm³/mol. The number of rotatable bonds is 4. The van der Waals surface area contributed by atoms with Gasteiger partial charge in [0.05, 0.1) is 17.6 Å². The molecule has 164 valence electrons. The Morgan fingerprint density at radius 2 is 1.91 bits per heavy atom. The van der Waals surface area contributed by atoms with Crippen molar-refractivity contribution in [2.24, 2.45) is 0 Å². The van der Waals surface area contributed by atoms with Crippen molar-refractivity contribution < 1.29 is 4.79 Å². The molecule has 5 aromatic rings. The van der Waals surface area contributed by atoms with Gasteiger partial charge in [-0.15, -0.1) is 0 Å². The van der Waals surface area contributed by atoms with Gasteiger partial charge < -0.3 is 5.32 Å². The summed E-state index contributed by atoms with van der Waals surface area (Å²) in [5.41, 5.74) is 1.70. The number of hydrogen-bond acceptors (Lipinski definition) is 5. The van der Waals surface area contributed by atoms with E-state index in [-0.39, 0.29) is 17.4 Å². The topological polar surface area (TPSA) is 110 Å². The number of halogens is 2. The highest BCUT2D eigenvalue weighted by molar-refractivity contribution is 9.10. The maximum absolute atomic E-state index is 12.8. The van der Waals surface area contributed by atoms with Gasteiger partial charge in [0.1, 0.15) is 11.2 Å². The van der Waals surface area contributed by atoms with Crippen LogP contribution in [0.3, 0.4) is 0 Å². The van der Waals surface area contributed by atoms with Gasteiger partial charge in [-0.2, -0.15) is 19.9 Å². The number of H-pyrrole nitrogens is 1. The molecule has 0 atom stereocenters. The summed E-state index contributed by atoms with van der Waals surface area (Å²) in [6, 6.07) is 15.7. The van der Waals surface area contributed by atoms with Gasteiger partial charge in [0.25, 0.3) is 11.5 Å². The van der Waals surface area contributed by atoms with Crippen LogP contribution in [0.5, 0.6) is 0 Å². The molecule has 0 aliphatic heterocycles. The van der Waals surface area contributed by atoms with E-state index in [1.165, 1.54) is 15.6 Å². The minimum absolute atomic E-state index is 0.135. The van der Waals surface area contributed by atoms with Crippen LogP contribution in [-0.2, 0) is 0 Å². The molecule has 0 aliphatic rings. The van der Waals surface area contributed by atoms with Crippen LogP contribution in [-0.4, -0.2) is 35.4 Å².